The fraction of sp³-hybridized carbons (Fsp3) is 0.368. The lowest BCUT2D eigenvalue weighted by atomic mass is 9.91. The SMILES string of the molecule is O=C(c1ccc(O)cn1)N1CCC[C@@H](CCc2c(F)cccc2F)C1. The number of aromatic nitrogens is 1. The summed E-state index contributed by atoms with van der Waals surface area (Å²) in [5.74, 6) is -0.996. The third-order valence-corrected chi connectivity index (χ3v) is 4.64. The molecule has 1 aliphatic heterocycles. The maximum absolute atomic E-state index is 13.7. The number of carbonyl (C=O) groups is 1. The summed E-state index contributed by atoms with van der Waals surface area (Å²) in [7, 11) is 0. The van der Waals surface area contributed by atoms with Crippen molar-refractivity contribution in [2.45, 2.75) is 25.7 Å². The fourth-order valence-corrected chi connectivity index (χ4v) is 3.28. The van der Waals surface area contributed by atoms with Crippen molar-refractivity contribution >= 4 is 5.91 Å². The molecule has 1 fully saturated rings. The van der Waals surface area contributed by atoms with Crippen LogP contribution in [-0.2, 0) is 6.42 Å². The molecule has 2 heterocycles. The zero-order chi connectivity index (χ0) is 17.8. The van der Waals surface area contributed by atoms with E-state index in [4.69, 9.17) is 0 Å². The summed E-state index contributed by atoms with van der Waals surface area (Å²) < 4.78 is 27.5. The normalized spacial score (nSPS) is 17.5. The van der Waals surface area contributed by atoms with Gasteiger partial charge in [-0.1, -0.05) is 6.07 Å². The van der Waals surface area contributed by atoms with Crippen LogP contribution in [0.15, 0.2) is 36.5 Å². The number of hydrogen-bond donors (Lipinski definition) is 1. The van der Waals surface area contributed by atoms with Crippen molar-refractivity contribution in [1.29, 1.82) is 0 Å². The Balaban J connectivity index is 1.61. The molecule has 4 nitrogen and oxygen atoms in total. The van der Waals surface area contributed by atoms with Crippen molar-refractivity contribution in [2.75, 3.05) is 13.1 Å². The Kier molecular flexibility index (Phi) is 5.26. The number of carbonyl (C=O) groups excluding carboxylic acids is 1. The van der Waals surface area contributed by atoms with Gasteiger partial charge in [0.05, 0.1) is 6.20 Å². The Morgan fingerprint density at radius 3 is 2.68 bits per heavy atom. The molecule has 0 spiro atoms. The quantitative estimate of drug-likeness (QED) is 0.921. The molecule has 1 N–H and O–H groups in total. The van der Waals surface area contributed by atoms with Gasteiger partial charge in [-0.05, 0) is 55.9 Å². The Hall–Kier alpha value is -2.50. The summed E-state index contributed by atoms with van der Waals surface area (Å²) in [6.07, 6.45) is 3.99. The van der Waals surface area contributed by atoms with Crippen LogP contribution in [0.25, 0.3) is 0 Å². The smallest absolute Gasteiger partial charge is 0.272 e. The van der Waals surface area contributed by atoms with Crippen molar-refractivity contribution in [3.05, 3.63) is 59.4 Å². The molecule has 1 aliphatic rings. The minimum Gasteiger partial charge on any atom is -0.506 e. The lowest BCUT2D eigenvalue weighted by molar-refractivity contribution is 0.0662. The molecule has 0 aliphatic carbocycles. The maximum atomic E-state index is 13.7. The van der Waals surface area contributed by atoms with Crippen LogP contribution < -0.4 is 0 Å². The van der Waals surface area contributed by atoms with Crippen LogP contribution in [0.5, 0.6) is 5.75 Å². The predicted molar refractivity (Wildman–Crippen MR) is 89.2 cm³/mol. The molecule has 2 aromatic rings. The molecule has 1 aromatic carbocycles. The minimum atomic E-state index is -0.517. The number of amides is 1. The summed E-state index contributed by atoms with van der Waals surface area (Å²) >= 11 is 0. The van der Waals surface area contributed by atoms with E-state index >= 15 is 0 Å². The van der Waals surface area contributed by atoms with Crippen LogP contribution >= 0.6 is 0 Å². The maximum Gasteiger partial charge on any atom is 0.272 e. The van der Waals surface area contributed by atoms with E-state index in [0.717, 1.165) is 12.8 Å². The Morgan fingerprint density at radius 2 is 2.00 bits per heavy atom. The first-order valence-corrected chi connectivity index (χ1v) is 8.42. The molecule has 25 heavy (non-hydrogen) atoms. The molecule has 132 valence electrons. The third-order valence-electron chi connectivity index (χ3n) is 4.64. The first kappa shape index (κ1) is 17.3. The number of likely N-dealkylation sites (tertiary alicyclic amines) is 1. The second-order valence-electron chi connectivity index (χ2n) is 6.40. The number of halogens is 2. The summed E-state index contributed by atoms with van der Waals surface area (Å²) in [4.78, 5) is 18.2. The largest absolute Gasteiger partial charge is 0.506 e. The number of benzene rings is 1. The monoisotopic (exact) mass is 346 g/mol. The lowest BCUT2D eigenvalue weighted by Gasteiger charge is -2.32. The van der Waals surface area contributed by atoms with E-state index in [1.165, 1.54) is 36.5 Å². The van der Waals surface area contributed by atoms with E-state index in [2.05, 4.69) is 4.98 Å². The van der Waals surface area contributed by atoms with Crippen molar-refractivity contribution in [3.8, 4) is 5.75 Å². The number of hydrogen-bond acceptors (Lipinski definition) is 3. The van der Waals surface area contributed by atoms with Crippen LogP contribution in [0, 0.1) is 17.6 Å². The number of piperidine rings is 1. The van der Waals surface area contributed by atoms with Gasteiger partial charge in [-0.3, -0.25) is 4.79 Å². The Bertz CT molecular complexity index is 729. The molecule has 0 bridgehead atoms. The highest BCUT2D eigenvalue weighted by molar-refractivity contribution is 5.92. The minimum absolute atomic E-state index is 0.0139. The molecule has 0 saturated carbocycles. The van der Waals surface area contributed by atoms with Gasteiger partial charge in [-0.2, -0.15) is 0 Å². The van der Waals surface area contributed by atoms with Crippen molar-refractivity contribution in [3.63, 3.8) is 0 Å². The molecule has 0 unspecified atom stereocenters. The van der Waals surface area contributed by atoms with E-state index in [9.17, 15) is 18.7 Å². The molecular weight excluding hydrogens is 326 g/mol. The molecule has 1 aromatic heterocycles. The van der Waals surface area contributed by atoms with Gasteiger partial charge in [-0.25, -0.2) is 13.8 Å². The second kappa shape index (κ2) is 7.59. The van der Waals surface area contributed by atoms with Crippen molar-refractivity contribution in [2.24, 2.45) is 5.92 Å². The number of nitrogens with zero attached hydrogens (tertiary/aromatic N) is 2. The zero-order valence-corrected chi connectivity index (χ0v) is 13.8. The summed E-state index contributed by atoms with van der Waals surface area (Å²) in [5, 5.41) is 9.27. The molecule has 6 heteroatoms. The van der Waals surface area contributed by atoms with Crippen LogP contribution in [0.4, 0.5) is 8.78 Å². The van der Waals surface area contributed by atoms with Gasteiger partial charge in [-0.15, -0.1) is 0 Å². The van der Waals surface area contributed by atoms with Gasteiger partial charge in [0.15, 0.2) is 0 Å². The molecule has 1 atom stereocenters. The lowest BCUT2D eigenvalue weighted by Crippen LogP contribution is -2.40. The molecule has 3 rings (SSSR count). The Morgan fingerprint density at radius 1 is 1.24 bits per heavy atom. The van der Waals surface area contributed by atoms with E-state index in [0.29, 0.717) is 31.6 Å². The summed E-state index contributed by atoms with van der Waals surface area (Å²) in [6.45, 7) is 1.20. The van der Waals surface area contributed by atoms with Crippen molar-refractivity contribution < 1.29 is 18.7 Å². The number of pyridine rings is 1. The second-order valence-corrected chi connectivity index (χ2v) is 6.40. The first-order valence-electron chi connectivity index (χ1n) is 8.42. The van der Waals surface area contributed by atoms with Crippen LogP contribution in [0.3, 0.4) is 0 Å². The zero-order valence-electron chi connectivity index (χ0n) is 13.8. The molecule has 1 amide bonds. The summed E-state index contributed by atoms with van der Waals surface area (Å²) in [5.41, 5.74) is 0.407. The molecule has 1 saturated heterocycles. The van der Waals surface area contributed by atoms with Gasteiger partial charge in [0.1, 0.15) is 23.1 Å². The third kappa shape index (κ3) is 4.13. The first-order chi connectivity index (χ1) is 12.0. The molecule has 0 radical (unpaired) electrons. The average molecular weight is 346 g/mol. The van der Waals surface area contributed by atoms with Gasteiger partial charge in [0, 0.05) is 18.7 Å². The summed E-state index contributed by atoms with van der Waals surface area (Å²) in [6, 6.07) is 6.83. The van der Waals surface area contributed by atoms with E-state index < -0.39 is 11.6 Å². The van der Waals surface area contributed by atoms with E-state index in [1.54, 1.807) is 4.90 Å². The van der Waals surface area contributed by atoms with Gasteiger partial charge < -0.3 is 10.0 Å². The van der Waals surface area contributed by atoms with E-state index in [1.807, 2.05) is 0 Å². The van der Waals surface area contributed by atoms with Crippen LogP contribution in [0.2, 0.25) is 0 Å². The molecular formula is C19H20F2N2O2. The standard InChI is InChI=1S/C19H20F2N2O2/c20-16-4-1-5-17(21)15(16)8-6-13-3-2-10-23(12-13)19(25)18-9-7-14(24)11-22-18/h1,4-5,7,9,11,13,24H,2-3,6,8,10,12H2/t13-/m0/s1. The Labute approximate surface area is 145 Å². The van der Waals surface area contributed by atoms with Gasteiger partial charge in [0.25, 0.3) is 5.91 Å². The highest BCUT2D eigenvalue weighted by atomic mass is 19.1. The predicted octanol–water partition coefficient (Wildman–Crippen LogP) is 3.55. The van der Waals surface area contributed by atoms with E-state index in [-0.39, 0.29) is 23.1 Å². The number of rotatable bonds is 4. The fourth-order valence-electron chi connectivity index (χ4n) is 3.28. The topological polar surface area (TPSA) is 53.4 Å². The number of aromatic hydroxyl groups is 1. The van der Waals surface area contributed by atoms with Crippen LogP contribution in [0.1, 0.15) is 35.3 Å². The van der Waals surface area contributed by atoms with Gasteiger partial charge >= 0.3 is 0 Å². The van der Waals surface area contributed by atoms with Crippen LogP contribution in [-0.4, -0.2) is 34.0 Å². The highest BCUT2D eigenvalue weighted by Gasteiger charge is 2.25. The highest BCUT2D eigenvalue weighted by Crippen LogP contribution is 2.24. The van der Waals surface area contributed by atoms with Crippen molar-refractivity contribution in [1.82, 2.24) is 9.88 Å². The average Bonchev–Trinajstić information content (AvgIpc) is 2.62. The van der Waals surface area contributed by atoms with Gasteiger partial charge in [0.2, 0.25) is 0 Å².